The Morgan fingerprint density at radius 1 is 1.00 bits per heavy atom. The highest BCUT2D eigenvalue weighted by Crippen LogP contribution is 2.41. The van der Waals surface area contributed by atoms with Gasteiger partial charge in [0.2, 0.25) is 0 Å². The fourth-order valence-electron chi connectivity index (χ4n) is 5.30. The van der Waals surface area contributed by atoms with E-state index in [0.29, 0.717) is 23.4 Å². The number of carbonyl (C=O) groups excluding carboxylic acids is 2. The molecular weight excluding hydrogens is 444 g/mol. The summed E-state index contributed by atoms with van der Waals surface area (Å²) in [7, 11) is 0. The number of amides is 1. The SMILES string of the molecule is O=C(C1=C(O)C(=O)N(c2ccc(-c3ccon3)cc2)C1C1CCCCC1)c1ccc(CCO)cc1. The van der Waals surface area contributed by atoms with Gasteiger partial charge in [-0.25, -0.2) is 0 Å². The lowest BCUT2D eigenvalue weighted by Gasteiger charge is -2.35. The Bertz CT molecular complexity index is 1220. The summed E-state index contributed by atoms with van der Waals surface area (Å²) >= 11 is 0. The summed E-state index contributed by atoms with van der Waals surface area (Å²) in [5.74, 6) is -1.26. The third kappa shape index (κ3) is 4.39. The lowest BCUT2D eigenvalue weighted by Crippen LogP contribution is -2.42. The van der Waals surface area contributed by atoms with Gasteiger partial charge in [0, 0.05) is 29.5 Å². The van der Waals surface area contributed by atoms with Crippen molar-refractivity contribution in [1.29, 1.82) is 0 Å². The highest BCUT2D eigenvalue weighted by Gasteiger charge is 2.47. The van der Waals surface area contributed by atoms with Gasteiger partial charge in [0.15, 0.2) is 11.5 Å². The average Bonchev–Trinajstić information content (AvgIpc) is 3.52. The molecule has 1 aliphatic carbocycles. The van der Waals surface area contributed by atoms with Gasteiger partial charge in [-0.15, -0.1) is 0 Å². The molecule has 1 fully saturated rings. The number of aromatic nitrogens is 1. The van der Waals surface area contributed by atoms with E-state index in [-0.39, 0.29) is 23.9 Å². The van der Waals surface area contributed by atoms with Crippen molar-refractivity contribution in [2.75, 3.05) is 11.5 Å². The van der Waals surface area contributed by atoms with Crippen LogP contribution >= 0.6 is 0 Å². The molecule has 7 nitrogen and oxygen atoms in total. The third-order valence-electron chi connectivity index (χ3n) is 7.09. The van der Waals surface area contributed by atoms with Crippen LogP contribution in [-0.4, -0.2) is 39.7 Å². The van der Waals surface area contributed by atoms with Crippen LogP contribution in [0.1, 0.15) is 48.0 Å². The maximum absolute atomic E-state index is 13.6. The number of aliphatic hydroxyl groups excluding tert-OH is 2. The van der Waals surface area contributed by atoms with Crippen LogP contribution in [0.5, 0.6) is 0 Å². The molecule has 5 rings (SSSR count). The quantitative estimate of drug-likeness (QED) is 0.476. The minimum atomic E-state index is -0.546. The van der Waals surface area contributed by atoms with Crippen molar-refractivity contribution in [2.24, 2.45) is 5.92 Å². The largest absolute Gasteiger partial charge is 0.503 e. The number of hydrogen-bond donors (Lipinski definition) is 2. The van der Waals surface area contributed by atoms with Crippen molar-refractivity contribution in [1.82, 2.24) is 5.16 Å². The third-order valence-corrected chi connectivity index (χ3v) is 7.09. The molecule has 2 aromatic carbocycles. The first kappa shape index (κ1) is 23.1. The van der Waals surface area contributed by atoms with Crippen LogP contribution in [0.4, 0.5) is 5.69 Å². The van der Waals surface area contributed by atoms with Gasteiger partial charge in [-0.05, 0) is 42.9 Å². The number of carbonyl (C=O) groups is 2. The molecule has 1 aromatic heterocycles. The van der Waals surface area contributed by atoms with E-state index in [2.05, 4.69) is 5.16 Å². The van der Waals surface area contributed by atoms with Gasteiger partial charge in [0.05, 0.1) is 11.6 Å². The van der Waals surface area contributed by atoms with E-state index in [1.807, 2.05) is 24.3 Å². The van der Waals surface area contributed by atoms with Gasteiger partial charge in [0.25, 0.3) is 5.91 Å². The normalized spacial score (nSPS) is 18.9. The van der Waals surface area contributed by atoms with Gasteiger partial charge < -0.3 is 14.7 Å². The Hall–Kier alpha value is -3.71. The summed E-state index contributed by atoms with van der Waals surface area (Å²) in [6.07, 6.45) is 7.00. The van der Waals surface area contributed by atoms with E-state index in [0.717, 1.165) is 43.2 Å². The Morgan fingerprint density at radius 2 is 1.71 bits per heavy atom. The Kier molecular flexibility index (Phi) is 6.51. The van der Waals surface area contributed by atoms with Crippen molar-refractivity contribution in [3.63, 3.8) is 0 Å². The van der Waals surface area contributed by atoms with Gasteiger partial charge in [-0.1, -0.05) is 60.8 Å². The number of rotatable bonds is 7. The van der Waals surface area contributed by atoms with Crippen LogP contribution < -0.4 is 4.90 Å². The summed E-state index contributed by atoms with van der Waals surface area (Å²) < 4.78 is 4.93. The Balaban J connectivity index is 1.51. The first-order chi connectivity index (χ1) is 17.1. The predicted molar refractivity (Wildman–Crippen MR) is 131 cm³/mol. The Labute approximate surface area is 203 Å². The maximum atomic E-state index is 13.6. The highest BCUT2D eigenvalue weighted by atomic mass is 16.5. The van der Waals surface area contributed by atoms with E-state index in [4.69, 9.17) is 9.63 Å². The number of anilines is 1. The second kappa shape index (κ2) is 9.88. The van der Waals surface area contributed by atoms with E-state index in [1.165, 1.54) is 6.26 Å². The van der Waals surface area contributed by atoms with Crippen molar-refractivity contribution in [3.8, 4) is 11.3 Å². The smallest absolute Gasteiger partial charge is 0.294 e. The van der Waals surface area contributed by atoms with Crippen molar-refractivity contribution in [2.45, 2.75) is 44.6 Å². The molecule has 1 aliphatic heterocycles. The maximum Gasteiger partial charge on any atom is 0.294 e. The summed E-state index contributed by atoms with van der Waals surface area (Å²) in [6.45, 7) is 0.0297. The van der Waals surface area contributed by atoms with E-state index >= 15 is 0 Å². The fourth-order valence-corrected chi connectivity index (χ4v) is 5.30. The summed E-state index contributed by atoms with van der Waals surface area (Å²) in [5, 5.41) is 24.1. The van der Waals surface area contributed by atoms with E-state index in [9.17, 15) is 14.7 Å². The number of Topliss-reactive ketones (excluding diaryl/α,β-unsaturated/α-hetero) is 1. The first-order valence-electron chi connectivity index (χ1n) is 12.1. The van der Waals surface area contributed by atoms with Crippen molar-refractivity contribution >= 4 is 17.4 Å². The molecule has 3 aromatic rings. The summed E-state index contributed by atoms with van der Waals surface area (Å²) in [6, 6.07) is 15.6. The van der Waals surface area contributed by atoms with Crippen molar-refractivity contribution < 1.29 is 24.3 Å². The van der Waals surface area contributed by atoms with Gasteiger partial charge in [-0.2, -0.15) is 0 Å². The van der Waals surface area contributed by atoms with Crippen LogP contribution in [0.25, 0.3) is 11.3 Å². The number of hydrogen-bond acceptors (Lipinski definition) is 6. The molecule has 1 amide bonds. The van der Waals surface area contributed by atoms with Crippen LogP contribution in [0.2, 0.25) is 0 Å². The number of benzene rings is 2. The molecule has 2 heterocycles. The summed E-state index contributed by atoms with van der Waals surface area (Å²) in [5.41, 5.74) is 3.68. The van der Waals surface area contributed by atoms with Gasteiger partial charge >= 0.3 is 0 Å². The molecule has 2 aliphatic rings. The lowest BCUT2D eigenvalue weighted by atomic mass is 9.79. The van der Waals surface area contributed by atoms with Crippen LogP contribution in [-0.2, 0) is 11.2 Å². The number of ketones is 1. The molecule has 0 bridgehead atoms. The van der Waals surface area contributed by atoms with Crippen molar-refractivity contribution in [3.05, 3.63) is 83.3 Å². The zero-order valence-corrected chi connectivity index (χ0v) is 19.4. The zero-order chi connectivity index (χ0) is 24.4. The number of aliphatic hydroxyl groups is 2. The molecule has 0 saturated heterocycles. The predicted octanol–water partition coefficient (Wildman–Crippen LogP) is 4.87. The van der Waals surface area contributed by atoms with Crippen LogP contribution in [0.15, 0.2) is 76.7 Å². The fraction of sp³-hybridized carbons (Fsp3) is 0.321. The molecule has 180 valence electrons. The molecule has 0 spiro atoms. The average molecular weight is 473 g/mol. The van der Waals surface area contributed by atoms with E-state index in [1.54, 1.807) is 35.2 Å². The molecule has 1 saturated carbocycles. The van der Waals surface area contributed by atoms with E-state index < -0.39 is 17.7 Å². The minimum absolute atomic E-state index is 0.0297. The second-order valence-electron chi connectivity index (χ2n) is 9.21. The van der Waals surface area contributed by atoms with Crippen LogP contribution in [0, 0.1) is 5.92 Å². The molecule has 35 heavy (non-hydrogen) atoms. The summed E-state index contributed by atoms with van der Waals surface area (Å²) in [4.78, 5) is 28.6. The molecule has 7 heteroatoms. The minimum Gasteiger partial charge on any atom is -0.503 e. The first-order valence-corrected chi connectivity index (χ1v) is 12.1. The molecule has 0 radical (unpaired) electrons. The van der Waals surface area contributed by atoms with Gasteiger partial charge in [0.1, 0.15) is 12.0 Å². The topological polar surface area (TPSA) is 104 Å². The molecular formula is C28H28N2O5. The lowest BCUT2D eigenvalue weighted by molar-refractivity contribution is -0.117. The Morgan fingerprint density at radius 3 is 2.34 bits per heavy atom. The molecule has 2 N–H and O–H groups in total. The zero-order valence-electron chi connectivity index (χ0n) is 19.4. The molecule has 1 atom stereocenters. The monoisotopic (exact) mass is 472 g/mol. The molecule has 1 unspecified atom stereocenters. The van der Waals surface area contributed by atoms with Gasteiger partial charge in [-0.3, -0.25) is 14.5 Å². The highest BCUT2D eigenvalue weighted by molar-refractivity contribution is 6.20. The van der Waals surface area contributed by atoms with Crippen LogP contribution in [0.3, 0.4) is 0 Å². The standard InChI is InChI=1S/C28H28N2O5/c31-16-14-18-6-8-21(9-7-18)26(32)24-25(20-4-2-1-3-5-20)30(28(34)27(24)33)22-12-10-19(11-13-22)23-15-17-35-29-23/h6-13,15,17,20,25,31,33H,1-5,14,16H2. The number of nitrogens with zero attached hydrogens (tertiary/aromatic N) is 2. The second-order valence-corrected chi connectivity index (χ2v) is 9.21.